The Labute approximate surface area is 329 Å². The third-order valence-electron chi connectivity index (χ3n) is 14.1. The van der Waals surface area contributed by atoms with Gasteiger partial charge in [-0.15, -0.1) is 0 Å². The number of Topliss-reactive ketones (excluding diaryl/α,β-unsaturated/α-hetero) is 1. The molecule has 0 aliphatic heterocycles. The minimum absolute atomic E-state index is 0. The van der Waals surface area contributed by atoms with E-state index in [-0.39, 0.29) is 63.4 Å². The van der Waals surface area contributed by atoms with Gasteiger partial charge in [0.15, 0.2) is 0 Å². The van der Waals surface area contributed by atoms with Crippen molar-refractivity contribution in [1.82, 2.24) is 4.90 Å². The van der Waals surface area contributed by atoms with Crippen molar-refractivity contribution in [2.75, 3.05) is 26.2 Å². The largest absolute Gasteiger partial charge is 0.676 e. The molecule has 3 N–H and O–H groups in total. The van der Waals surface area contributed by atoms with Crippen LogP contribution in [0.3, 0.4) is 0 Å². The fraction of sp³-hybridized carbons (Fsp3) is 0.881. The van der Waals surface area contributed by atoms with Crippen LogP contribution in [0.15, 0.2) is 11.6 Å². The molecular formula is C42H70N3O6Pt-3. The summed E-state index contributed by atoms with van der Waals surface area (Å²) < 4.78 is 6.27. The van der Waals surface area contributed by atoms with Crippen molar-refractivity contribution in [3.05, 3.63) is 23.1 Å². The van der Waals surface area contributed by atoms with Crippen LogP contribution in [0.4, 0.5) is 0 Å². The molecule has 10 atom stereocenters. The number of carboxylic acids is 2. The van der Waals surface area contributed by atoms with E-state index in [2.05, 4.69) is 40.7 Å². The summed E-state index contributed by atoms with van der Waals surface area (Å²) in [5.41, 5.74) is 17.0. The minimum atomic E-state index is -1.39. The van der Waals surface area contributed by atoms with E-state index >= 15 is 0 Å². The average Bonchev–Trinajstić information content (AvgIpc) is 3.41. The maximum atomic E-state index is 12.3. The summed E-state index contributed by atoms with van der Waals surface area (Å²) in [6.45, 7) is 11.7. The van der Waals surface area contributed by atoms with Gasteiger partial charge in [0.2, 0.25) is 0 Å². The van der Waals surface area contributed by atoms with Gasteiger partial charge in [0.05, 0.1) is 25.2 Å². The first-order valence-electron chi connectivity index (χ1n) is 20.5. The first-order chi connectivity index (χ1) is 24.1. The van der Waals surface area contributed by atoms with Crippen LogP contribution < -0.4 is 5.11 Å². The van der Waals surface area contributed by atoms with E-state index in [9.17, 15) is 19.5 Å². The van der Waals surface area contributed by atoms with Gasteiger partial charge in [-0.1, -0.05) is 91.2 Å². The minimum Gasteiger partial charge on any atom is -0.676 e. The Balaban J connectivity index is 0.000000715. The van der Waals surface area contributed by atoms with Crippen molar-refractivity contribution in [2.24, 2.45) is 46.3 Å². The molecule has 4 saturated carbocycles. The van der Waals surface area contributed by atoms with E-state index in [4.69, 9.17) is 21.3 Å². The van der Waals surface area contributed by atoms with Gasteiger partial charge in [-0.3, -0.25) is 14.5 Å². The Morgan fingerprint density at radius 1 is 0.923 bits per heavy atom. The number of carbonyl (C=O) groups is 3. The summed E-state index contributed by atoms with van der Waals surface area (Å²) in [5.74, 6) is 2.27. The van der Waals surface area contributed by atoms with Crippen molar-refractivity contribution >= 4 is 17.7 Å². The predicted molar refractivity (Wildman–Crippen MR) is 201 cm³/mol. The smallest absolute Gasteiger partial charge is 0.317 e. The van der Waals surface area contributed by atoms with Gasteiger partial charge in [-0.2, -0.15) is 12.1 Å². The van der Waals surface area contributed by atoms with Gasteiger partial charge < -0.3 is 31.2 Å². The Morgan fingerprint density at radius 2 is 1.62 bits per heavy atom. The summed E-state index contributed by atoms with van der Waals surface area (Å²) in [6.07, 6.45) is 22.0. The fourth-order valence-electron chi connectivity index (χ4n) is 11.3. The second kappa shape index (κ2) is 20.7. The number of ether oxygens (including phenoxy) is 1. The Morgan fingerprint density at radius 3 is 2.23 bits per heavy atom. The van der Waals surface area contributed by atoms with Crippen molar-refractivity contribution in [3.8, 4) is 0 Å². The van der Waals surface area contributed by atoms with Crippen LogP contribution in [0.5, 0.6) is 0 Å². The normalized spacial score (nSPS) is 34.5. The van der Waals surface area contributed by atoms with Gasteiger partial charge in [0, 0.05) is 40.6 Å². The maximum absolute atomic E-state index is 12.3. The second-order valence-electron chi connectivity index (χ2n) is 18.1. The van der Waals surface area contributed by atoms with Crippen LogP contribution >= 0.6 is 0 Å². The molecule has 0 aromatic heterocycles. The first kappa shape index (κ1) is 45.3. The van der Waals surface area contributed by atoms with Crippen LogP contribution in [0, 0.1) is 46.3 Å². The third-order valence-corrected chi connectivity index (χ3v) is 14.1. The monoisotopic (exact) mass is 907 g/mol. The molecule has 10 heteroatoms. The summed E-state index contributed by atoms with van der Waals surface area (Å²) in [5, 5.41) is 19.8. The molecule has 5 aliphatic carbocycles. The van der Waals surface area contributed by atoms with Crippen molar-refractivity contribution in [3.63, 3.8) is 0 Å². The van der Waals surface area contributed by atoms with Crippen LogP contribution in [0.25, 0.3) is 11.5 Å². The molecule has 5 rings (SSSR count). The third kappa shape index (κ3) is 11.9. The maximum Gasteiger partial charge on any atom is 0.317 e. The van der Waals surface area contributed by atoms with Crippen LogP contribution in [-0.4, -0.2) is 72.2 Å². The number of carbonyl (C=O) groups excluding carboxylic acids is 2. The van der Waals surface area contributed by atoms with E-state index in [1.807, 2.05) is 0 Å². The molecule has 5 aliphatic rings. The zero-order chi connectivity index (χ0) is 37.3. The van der Waals surface area contributed by atoms with Gasteiger partial charge in [0.25, 0.3) is 0 Å². The quantitative estimate of drug-likeness (QED) is 0.121. The molecule has 4 fully saturated rings. The first-order valence-corrected chi connectivity index (χ1v) is 20.5. The molecule has 0 radical (unpaired) electrons. The summed E-state index contributed by atoms with van der Waals surface area (Å²) in [7, 11) is 0. The number of nitrogens with one attached hydrogen (secondary N) is 2. The van der Waals surface area contributed by atoms with E-state index in [0.717, 1.165) is 66.1 Å². The summed E-state index contributed by atoms with van der Waals surface area (Å²) in [4.78, 5) is 35.3. The molecule has 0 aromatic carbocycles. The number of fused-ring (bicyclic) bond motifs is 5. The van der Waals surface area contributed by atoms with Crippen LogP contribution in [0.2, 0.25) is 0 Å². The number of allylic oxidation sites excluding steroid dienone is 1. The number of aliphatic carboxylic acids is 2. The van der Waals surface area contributed by atoms with Crippen molar-refractivity contribution in [1.29, 1.82) is 0 Å². The number of ketones is 1. The fourth-order valence-corrected chi connectivity index (χ4v) is 11.3. The number of nitrogens with zero attached hydrogens (tertiary/aromatic N) is 1. The SMILES string of the molecule is CC(C)CCC[C@@H](C)[C@H]1CCC2C3CC=C4C[C@@H](OCCCC(=O)CN(CC(=O)[O-])CC(=O)O)CC[C@]4(C)C3CC[C@@]21C.[NH-][C@@H]1CCCC[C@H]1[NH-].[Pt]. The molecule has 3 unspecified atom stereocenters. The average molecular weight is 908 g/mol. The van der Waals surface area contributed by atoms with Gasteiger partial charge in [0.1, 0.15) is 5.78 Å². The van der Waals surface area contributed by atoms with E-state index < -0.39 is 25.0 Å². The van der Waals surface area contributed by atoms with E-state index in [1.54, 1.807) is 5.57 Å². The zero-order valence-electron chi connectivity index (χ0n) is 32.9. The van der Waals surface area contributed by atoms with E-state index in [1.165, 1.54) is 70.6 Å². The van der Waals surface area contributed by atoms with Gasteiger partial charge >= 0.3 is 5.97 Å². The number of rotatable bonds is 16. The molecule has 0 heterocycles. The number of hydrogen-bond donors (Lipinski definition) is 1. The summed E-state index contributed by atoms with van der Waals surface area (Å²) in [6, 6.07) is -0.160. The Hall–Kier alpha value is -1.12. The molecule has 0 spiro atoms. The second-order valence-corrected chi connectivity index (χ2v) is 18.1. The molecular weight excluding hydrogens is 838 g/mol. The van der Waals surface area contributed by atoms with Crippen LogP contribution in [0.1, 0.15) is 144 Å². The van der Waals surface area contributed by atoms with Gasteiger partial charge in [-0.05, 0) is 104 Å². The predicted octanol–water partition coefficient (Wildman–Crippen LogP) is 8.30. The molecule has 52 heavy (non-hydrogen) atoms. The van der Waals surface area contributed by atoms with E-state index in [0.29, 0.717) is 18.4 Å². The zero-order valence-corrected chi connectivity index (χ0v) is 35.1. The topological polar surface area (TPSA) is 155 Å². The standard InChI is InChI=1S/C36H59NO6.C6H12N2.Pt/c1-24(2)8-6-9-25(3)30-13-14-31-29-12-11-26-20-28(15-17-35(26,4)32(29)16-18-36(30,31)5)43-19-7-10-27(38)21-37(22-33(39)40)23-34(41)42;7-5-3-1-2-4-6(5)8;/h11,24-25,28-32H,6-10,12-23H2,1-5H3,(H,39,40)(H,41,42);5-8H,1-4H2;/q;-2;/p-1/t25-,28+,29?,30-,31?,32?,35+,36-;5-,6-;/m11./s1. The molecule has 0 aromatic rings. The van der Waals surface area contributed by atoms with Crippen molar-refractivity contribution < 1.29 is 50.4 Å². The molecule has 0 amide bonds. The van der Waals surface area contributed by atoms with Crippen LogP contribution in [-0.2, 0) is 40.2 Å². The van der Waals surface area contributed by atoms with Crippen molar-refractivity contribution in [2.45, 2.75) is 162 Å². The molecule has 9 nitrogen and oxygen atoms in total. The summed E-state index contributed by atoms with van der Waals surface area (Å²) >= 11 is 0. The van der Waals surface area contributed by atoms with Gasteiger partial charge in [-0.25, -0.2) is 0 Å². The molecule has 0 bridgehead atoms. The molecule has 0 saturated heterocycles. The number of carboxylic acid groups (broad SMARTS) is 2. The number of hydrogen-bond acceptors (Lipinski definition) is 6. The molecule has 302 valence electrons. The Bertz CT molecular complexity index is 1170. The Kier molecular flexibility index (Phi) is 18.0.